The van der Waals surface area contributed by atoms with Crippen LogP contribution in [0.4, 0.5) is 10.1 Å². The van der Waals surface area contributed by atoms with Crippen molar-refractivity contribution in [2.24, 2.45) is 4.99 Å². The molecule has 1 heterocycles. The van der Waals surface area contributed by atoms with Crippen molar-refractivity contribution >= 4 is 17.6 Å². The van der Waals surface area contributed by atoms with Crippen LogP contribution in [0.1, 0.15) is 30.4 Å². The molecule has 3 rings (SSSR count). The van der Waals surface area contributed by atoms with E-state index in [2.05, 4.69) is 15.6 Å². The summed E-state index contributed by atoms with van der Waals surface area (Å²) in [6.45, 7) is 1.75. The van der Waals surface area contributed by atoms with Crippen LogP contribution in [0, 0.1) is 5.82 Å². The van der Waals surface area contributed by atoms with Crippen LogP contribution >= 0.6 is 0 Å². The predicted octanol–water partition coefficient (Wildman–Crippen LogP) is 3.21. The second-order valence-electron chi connectivity index (χ2n) is 6.54. The number of rotatable bonds is 5. The van der Waals surface area contributed by atoms with E-state index in [1.165, 1.54) is 6.07 Å². The number of amides is 1. The van der Waals surface area contributed by atoms with Crippen molar-refractivity contribution in [3.8, 4) is 0 Å². The van der Waals surface area contributed by atoms with E-state index < -0.39 is 0 Å². The topological polar surface area (TPSA) is 56.7 Å². The summed E-state index contributed by atoms with van der Waals surface area (Å²) in [5.41, 5.74) is 2.62. The van der Waals surface area contributed by atoms with Crippen molar-refractivity contribution < 1.29 is 9.18 Å². The van der Waals surface area contributed by atoms with E-state index in [1.807, 2.05) is 35.2 Å². The van der Waals surface area contributed by atoms with Gasteiger partial charge in [0, 0.05) is 44.4 Å². The third kappa shape index (κ3) is 5.06. The molecule has 1 fully saturated rings. The molecule has 1 aliphatic heterocycles. The Hall–Kier alpha value is -2.89. The van der Waals surface area contributed by atoms with Crippen molar-refractivity contribution in [1.82, 2.24) is 10.6 Å². The molecular weight excluding hydrogens is 343 g/mol. The molecule has 1 saturated heterocycles. The number of hydrogen-bond acceptors (Lipinski definition) is 2. The lowest BCUT2D eigenvalue weighted by atomic mass is 10.1. The minimum absolute atomic E-state index is 0.199. The maximum Gasteiger partial charge on any atom is 0.226 e. The summed E-state index contributed by atoms with van der Waals surface area (Å²) in [6, 6.07) is 14.7. The fourth-order valence-corrected chi connectivity index (χ4v) is 3.10. The largest absolute Gasteiger partial charge is 0.352 e. The normalized spacial score (nSPS) is 15.0. The standard InChI is InChI=1S/C21H25FN4O/c1-23-21(25-15-17-6-2-3-7-19(17)22)24-14-16-9-11-18(12-10-16)26-13-5-4-8-20(26)27/h2-3,6-7,9-12H,4-5,8,13-15H2,1H3,(H2,23,24,25). The Labute approximate surface area is 159 Å². The van der Waals surface area contributed by atoms with Gasteiger partial charge in [0.15, 0.2) is 5.96 Å². The highest BCUT2D eigenvalue weighted by atomic mass is 19.1. The zero-order valence-electron chi connectivity index (χ0n) is 15.5. The zero-order chi connectivity index (χ0) is 19.1. The average Bonchev–Trinajstić information content (AvgIpc) is 2.70. The van der Waals surface area contributed by atoms with Crippen LogP contribution in [0.25, 0.3) is 0 Å². The molecule has 1 aliphatic rings. The molecule has 2 N–H and O–H groups in total. The molecule has 142 valence electrons. The Morgan fingerprint density at radius 1 is 1.07 bits per heavy atom. The lowest BCUT2D eigenvalue weighted by Crippen LogP contribution is -2.36. The fourth-order valence-electron chi connectivity index (χ4n) is 3.10. The van der Waals surface area contributed by atoms with Crippen LogP contribution in [0.3, 0.4) is 0 Å². The van der Waals surface area contributed by atoms with E-state index in [0.29, 0.717) is 31.0 Å². The molecular formula is C21H25FN4O. The third-order valence-corrected chi connectivity index (χ3v) is 4.66. The van der Waals surface area contributed by atoms with Crippen LogP contribution in [0.2, 0.25) is 0 Å². The SMILES string of the molecule is CN=C(NCc1ccc(N2CCCCC2=O)cc1)NCc1ccccc1F. The Morgan fingerprint density at radius 3 is 2.52 bits per heavy atom. The summed E-state index contributed by atoms with van der Waals surface area (Å²) in [5, 5.41) is 6.33. The Morgan fingerprint density at radius 2 is 1.81 bits per heavy atom. The minimum atomic E-state index is -0.233. The Bertz CT molecular complexity index is 804. The molecule has 0 bridgehead atoms. The number of anilines is 1. The number of carbonyl (C=O) groups excluding carboxylic acids is 1. The van der Waals surface area contributed by atoms with E-state index in [9.17, 15) is 9.18 Å². The summed E-state index contributed by atoms with van der Waals surface area (Å²) in [4.78, 5) is 18.0. The Kier molecular flexibility index (Phi) is 6.41. The molecule has 2 aromatic rings. The number of nitrogens with one attached hydrogen (secondary N) is 2. The van der Waals surface area contributed by atoms with Crippen LogP contribution < -0.4 is 15.5 Å². The highest BCUT2D eigenvalue weighted by Gasteiger charge is 2.19. The van der Waals surface area contributed by atoms with E-state index in [-0.39, 0.29) is 11.7 Å². The van der Waals surface area contributed by atoms with E-state index in [0.717, 1.165) is 30.6 Å². The van der Waals surface area contributed by atoms with E-state index in [4.69, 9.17) is 0 Å². The van der Waals surface area contributed by atoms with E-state index >= 15 is 0 Å². The highest BCUT2D eigenvalue weighted by molar-refractivity contribution is 5.93. The maximum atomic E-state index is 13.7. The number of benzene rings is 2. The van der Waals surface area contributed by atoms with Crippen LogP contribution in [-0.2, 0) is 17.9 Å². The summed E-state index contributed by atoms with van der Waals surface area (Å²) < 4.78 is 13.7. The second kappa shape index (κ2) is 9.16. The molecule has 2 aromatic carbocycles. The zero-order valence-corrected chi connectivity index (χ0v) is 15.5. The smallest absolute Gasteiger partial charge is 0.226 e. The van der Waals surface area contributed by atoms with Gasteiger partial charge in [0.05, 0.1) is 0 Å². The molecule has 27 heavy (non-hydrogen) atoms. The molecule has 0 spiro atoms. The van der Waals surface area contributed by atoms with Gasteiger partial charge in [0.2, 0.25) is 5.91 Å². The summed E-state index contributed by atoms with van der Waals surface area (Å²) in [7, 11) is 1.68. The highest BCUT2D eigenvalue weighted by Crippen LogP contribution is 2.21. The van der Waals surface area contributed by atoms with Gasteiger partial charge in [-0.05, 0) is 36.6 Å². The summed E-state index contributed by atoms with van der Waals surface area (Å²) in [5.74, 6) is 0.571. The van der Waals surface area contributed by atoms with Crippen molar-refractivity contribution in [1.29, 1.82) is 0 Å². The van der Waals surface area contributed by atoms with Gasteiger partial charge in [0.25, 0.3) is 0 Å². The first kappa shape index (κ1) is 18.9. The van der Waals surface area contributed by atoms with Crippen LogP contribution in [0.15, 0.2) is 53.5 Å². The number of nitrogens with zero attached hydrogens (tertiary/aromatic N) is 2. The molecule has 1 amide bonds. The molecule has 5 nitrogen and oxygen atoms in total. The first-order chi connectivity index (χ1) is 13.2. The molecule has 0 radical (unpaired) electrons. The lowest BCUT2D eigenvalue weighted by Gasteiger charge is -2.26. The average molecular weight is 368 g/mol. The summed E-state index contributed by atoms with van der Waals surface area (Å²) in [6.07, 6.45) is 2.67. The van der Waals surface area contributed by atoms with Gasteiger partial charge >= 0.3 is 0 Å². The number of halogens is 1. The van der Waals surface area contributed by atoms with Crippen molar-refractivity contribution in [3.63, 3.8) is 0 Å². The lowest BCUT2D eigenvalue weighted by molar-refractivity contribution is -0.119. The first-order valence-corrected chi connectivity index (χ1v) is 9.24. The molecule has 0 atom stereocenters. The Balaban J connectivity index is 1.52. The van der Waals surface area contributed by atoms with Crippen molar-refractivity contribution in [2.45, 2.75) is 32.4 Å². The number of piperidine rings is 1. The molecule has 0 aromatic heterocycles. The molecule has 6 heteroatoms. The fraction of sp³-hybridized carbons (Fsp3) is 0.333. The second-order valence-corrected chi connectivity index (χ2v) is 6.54. The van der Waals surface area contributed by atoms with Gasteiger partial charge in [-0.3, -0.25) is 9.79 Å². The van der Waals surface area contributed by atoms with Crippen LogP contribution in [0.5, 0.6) is 0 Å². The number of carbonyl (C=O) groups is 1. The quantitative estimate of drug-likeness (QED) is 0.629. The van der Waals surface area contributed by atoms with Gasteiger partial charge < -0.3 is 15.5 Å². The summed E-state index contributed by atoms with van der Waals surface area (Å²) >= 11 is 0. The third-order valence-electron chi connectivity index (χ3n) is 4.66. The van der Waals surface area contributed by atoms with Gasteiger partial charge in [-0.1, -0.05) is 30.3 Å². The van der Waals surface area contributed by atoms with Crippen molar-refractivity contribution in [3.05, 3.63) is 65.5 Å². The van der Waals surface area contributed by atoms with Crippen LogP contribution in [-0.4, -0.2) is 25.5 Å². The predicted molar refractivity (Wildman–Crippen MR) is 106 cm³/mol. The molecule has 0 saturated carbocycles. The van der Waals surface area contributed by atoms with Gasteiger partial charge in [-0.25, -0.2) is 4.39 Å². The molecule has 0 unspecified atom stereocenters. The maximum absolute atomic E-state index is 13.7. The van der Waals surface area contributed by atoms with Gasteiger partial charge in [-0.2, -0.15) is 0 Å². The molecule has 0 aliphatic carbocycles. The van der Waals surface area contributed by atoms with Gasteiger partial charge in [-0.15, -0.1) is 0 Å². The number of aliphatic imine (C=N–C) groups is 1. The number of hydrogen-bond donors (Lipinski definition) is 2. The number of guanidine groups is 1. The minimum Gasteiger partial charge on any atom is -0.352 e. The first-order valence-electron chi connectivity index (χ1n) is 9.24. The van der Waals surface area contributed by atoms with E-state index in [1.54, 1.807) is 19.2 Å². The monoisotopic (exact) mass is 368 g/mol. The van der Waals surface area contributed by atoms with Gasteiger partial charge in [0.1, 0.15) is 5.82 Å². The van der Waals surface area contributed by atoms with Crippen molar-refractivity contribution in [2.75, 3.05) is 18.5 Å².